The first kappa shape index (κ1) is 24.8. The molecular formula is C23H26BrClN2O4S. The lowest BCUT2D eigenvalue weighted by molar-refractivity contribution is -0.118. The van der Waals surface area contributed by atoms with Gasteiger partial charge in [-0.05, 0) is 66.5 Å². The van der Waals surface area contributed by atoms with E-state index in [1.165, 1.54) is 0 Å². The van der Waals surface area contributed by atoms with E-state index in [-0.39, 0.29) is 24.7 Å². The molecule has 0 aliphatic carbocycles. The lowest BCUT2D eigenvalue weighted by Gasteiger charge is -2.37. The molecule has 0 spiro atoms. The summed E-state index contributed by atoms with van der Waals surface area (Å²) in [6, 6.07) is 9.02. The van der Waals surface area contributed by atoms with Crippen LogP contribution in [0, 0.1) is 6.92 Å². The van der Waals surface area contributed by atoms with E-state index in [0.29, 0.717) is 31.7 Å². The number of halogens is 2. The van der Waals surface area contributed by atoms with Crippen LogP contribution in [0.2, 0.25) is 5.02 Å². The van der Waals surface area contributed by atoms with Gasteiger partial charge in [0.25, 0.3) is 5.91 Å². The molecule has 0 aromatic heterocycles. The highest BCUT2D eigenvalue weighted by molar-refractivity contribution is 9.10. The van der Waals surface area contributed by atoms with Crippen LogP contribution in [0.4, 0.5) is 5.69 Å². The number of morpholine rings is 1. The smallest absolute Gasteiger partial charge is 0.262 e. The van der Waals surface area contributed by atoms with Gasteiger partial charge >= 0.3 is 0 Å². The maximum Gasteiger partial charge on any atom is 0.262 e. The number of nitrogens with one attached hydrogen (secondary N) is 1. The van der Waals surface area contributed by atoms with Crippen molar-refractivity contribution in [3.8, 4) is 11.5 Å². The van der Waals surface area contributed by atoms with Gasteiger partial charge in [-0.15, -0.1) is 0 Å². The molecule has 1 N–H and O–H groups in total. The topological polar surface area (TPSA) is 60.0 Å². The molecule has 1 aliphatic heterocycles. The number of rotatable bonds is 6. The molecule has 9 heteroatoms. The summed E-state index contributed by atoms with van der Waals surface area (Å²) in [6.07, 6.45) is 0.206. The molecule has 1 aliphatic rings. The van der Waals surface area contributed by atoms with Crippen LogP contribution in [0.5, 0.6) is 11.5 Å². The number of ether oxygens (including phenoxy) is 3. The Hall–Kier alpha value is -1.87. The Morgan fingerprint density at radius 2 is 1.97 bits per heavy atom. The van der Waals surface area contributed by atoms with Gasteiger partial charge in [0.1, 0.15) is 4.99 Å². The second-order valence-corrected chi connectivity index (χ2v) is 9.43. The van der Waals surface area contributed by atoms with Gasteiger partial charge in [-0.3, -0.25) is 4.79 Å². The fraction of sp³-hybridized carbons (Fsp3) is 0.391. The SMILES string of the molecule is COc1cc(C(=S)N2C[C@@H](C)O[C@H](C)C2)cc(Br)c1OCC(=O)Nc1cc(Cl)ccc1C. The molecule has 32 heavy (non-hydrogen) atoms. The highest BCUT2D eigenvalue weighted by Crippen LogP contribution is 2.37. The Labute approximate surface area is 207 Å². The van der Waals surface area contributed by atoms with Crippen LogP contribution >= 0.6 is 39.7 Å². The molecule has 1 heterocycles. The molecule has 0 bridgehead atoms. The Balaban J connectivity index is 1.71. The largest absolute Gasteiger partial charge is 0.493 e. The van der Waals surface area contributed by atoms with Crippen molar-refractivity contribution in [3.05, 3.63) is 51.0 Å². The highest BCUT2D eigenvalue weighted by atomic mass is 79.9. The molecule has 2 aromatic rings. The van der Waals surface area contributed by atoms with Crippen molar-refractivity contribution in [2.45, 2.75) is 33.0 Å². The summed E-state index contributed by atoms with van der Waals surface area (Å²) in [5.41, 5.74) is 2.38. The number of hydrogen-bond acceptors (Lipinski definition) is 5. The van der Waals surface area contributed by atoms with Crippen molar-refractivity contribution in [1.82, 2.24) is 4.90 Å². The minimum absolute atomic E-state index is 0.103. The number of hydrogen-bond donors (Lipinski definition) is 1. The lowest BCUT2D eigenvalue weighted by Crippen LogP contribution is -2.47. The Morgan fingerprint density at radius 3 is 2.62 bits per heavy atom. The van der Waals surface area contributed by atoms with Gasteiger partial charge < -0.3 is 24.4 Å². The zero-order valence-electron chi connectivity index (χ0n) is 18.4. The van der Waals surface area contributed by atoms with Crippen molar-refractivity contribution in [3.63, 3.8) is 0 Å². The van der Waals surface area contributed by atoms with Gasteiger partial charge in [0.15, 0.2) is 18.1 Å². The van der Waals surface area contributed by atoms with Crippen LogP contribution in [0.3, 0.4) is 0 Å². The van der Waals surface area contributed by atoms with Crippen molar-refractivity contribution < 1.29 is 19.0 Å². The zero-order chi connectivity index (χ0) is 23.4. The minimum Gasteiger partial charge on any atom is -0.493 e. The Morgan fingerprint density at radius 1 is 1.28 bits per heavy atom. The van der Waals surface area contributed by atoms with E-state index in [1.54, 1.807) is 19.2 Å². The number of anilines is 1. The molecule has 1 amide bonds. The van der Waals surface area contributed by atoms with Crippen LogP contribution in [0.15, 0.2) is 34.8 Å². The average Bonchev–Trinajstić information content (AvgIpc) is 2.73. The average molecular weight is 542 g/mol. The zero-order valence-corrected chi connectivity index (χ0v) is 21.6. The summed E-state index contributed by atoms with van der Waals surface area (Å²) in [5.74, 6) is 0.610. The van der Waals surface area contributed by atoms with Crippen molar-refractivity contribution in [2.75, 3.05) is 32.1 Å². The van der Waals surface area contributed by atoms with E-state index in [2.05, 4.69) is 26.1 Å². The molecule has 0 radical (unpaired) electrons. The second-order valence-electron chi connectivity index (χ2n) is 7.75. The number of carbonyl (C=O) groups is 1. The monoisotopic (exact) mass is 540 g/mol. The summed E-state index contributed by atoms with van der Waals surface area (Å²) in [7, 11) is 1.55. The molecule has 1 fully saturated rings. The van der Waals surface area contributed by atoms with E-state index >= 15 is 0 Å². The number of thiocarbonyl (C=S) groups is 1. The number of benzene rings is 2. The third-order valence-electron chi connectivity index (χ3n) is 5.00. The summed E-state index contributed by atoms with van der Waals surface area (Å²) in [6.45, 7) is 7.23. The number of aryl methyl sites for hydroxylation is 1. The van der Waals surface area contributed by atoms with Crippen molar-refractivity contribution in [1.29, 1.82) is 0 Å². The Kier molecular flexibility index (Phi) is 8.38. The molecule has 1 saturated heterocycles. The van der Waals surface area contributed by atoms with E-state index in [9.17, 15) is 4.79 Å². The van der Waals surface area contributed by atoms with Crippen molar-refractivity contribution >= 4 is 56.3 Å². The van der Waals surface area contributed by atoms with Crippen LogP contribution in [-0.4, -0.2) is 54.8 Å². The van der Waals surface area contributed by atoms with Crippen molar-refractivity contribution in [2.24, 2.45) is 0 Å². The van der Waals surface area contributed by atoms with Crippen LogP contribution in [0.25, 0.3) is 0 Å². The fourth-order valence-electron chi connectivity index (χ4n) is 3.56. The second kappa shape index (κ2) is 10.8. The van der Waals surface area contributed by atoms with Gasteiger partial charge in [0.2, 0.25) is 0 Å². The fourth-order valence-corrected chi connectivity index (χ4v) is 4.56. The summed E-state index contributed by atoms with van der Waals surface area (Å²) in [5, 5.41) is 3.36. The predicted octanol–water partition coefficient (Wildman–Crippen LogP) is 5.22. The molecule has 2 atom stereocenters. The molecule has 0 unspecified atom stereocenters. The molecule has 6 nitrogen and oxygen atoms in total. The lowest BCUT2D eigenvalue weighted by atomic mass is 10.1. The van der Waals surface area contributed by atoms with Gasteiger partial charge in [-0.1, -0.05) is 29.9 Å². The van der Waals surface area contributed by atoms with Crippen LogP contribution < -0.4 is 14.8 Å². The Bertz CT molecular complexity index is 1010. The summed E-state index contributed by atoms with van der Waals surface area (Å²) >= 11 is 15.3. The number of nitrogens with zero attached hydrogens (tertiary/aromatic N) is 1. The number of amides is 1. The maximum absolute atomic E-state index is 12.4. The molecular weight excluding hydrogens is 516 g/mol. The van der Waals surface area contributed by atoms with E-state index in [1.807, 2.05) is 39.0 Å². The number of carbonyl (C=O) groups excluding carboxylic acids is 1. The first-order chi connectivity index (χ1) is 15.2. The quantitative estimate of drug-likeness (QED) is 0.506. The van der Waals surface area contributed by atoms with Gasteiger partial charge in [-0.2, -0.15) is 0 Å². The van der Waals surface area contributed by atoms with E-state index < -0.39 is 0 Å². The highest BCUT2D eigenvalue weighted by Gasteiger charge is 2.26. The molecule has 172 valence electrons. The third-order valence-corrected chi connectivity index (χ3v) is 6.32. The maximum atomic E-state index is 12.4. The van der Waals surface area contributed by atoms with Crippen LogP contribution in [-0.2, 0) is 9.53 Å². The first-order valence-corrected chi connectivity index (χ1v) is 11.8. The van der Waals surface area contributed by atoms with Gasteiger partial charge in [0, 0.05) is 29.4 Å². The van der Waals surface area contributed by atoms with E-state index in [0.717, 1.165) is 24.2 Å². The normalized spacial score (nSPS) is 18.2. The standard InChI is InChI=1S/C23H26BrClN2O4S/c1-13-5-6-17(25)9-19(13)26-21(28)12-30-22-18(24)7-16(8-20(22)29-4)23(32)27-10-14(2)31-15(3)11-27/h5-9,14-15H,10-12H2,1-4H3,(H,26,28)/t14-,15-/m1/s1. The minimum atomic E-state index is -0.305. The van der Waals surface area contributed by atoms with Gasteiger partial charge in [0.05, 0.1) is 23.8 Å². The predicted molar refractivity (Wildman–Crippen MR) is 134 cm³/mol. The molecule has 0 saturated carbocycles. The molecule has 2 aromatic carbocycles. The summed E-state index contributed by atoms with van der Waals surface area (Å²) < 4.78 is 17.8. The number of methoxy groups -OCH3 is 1. The van der Waals surface area contributed by atoms with Gasteiger partial charge in [-0.25, -0.2) is 0 Å². The summed E-state index contributed by atoms with van der Waals surface area (Å²) in [4.78, 5) is 15.3. The van der Waals surface area contributed by atoms with Crippen LogP contribution in [0.1, 0.15) is 25.0 Å². The van der Waals surface area contributed by atoms with E-state index in [4.69, 9.17) is 38.0 Å². The first-order valence-electron chi connectivity index (χ1n) is 10.2. The third kappa shape index (κ3) is 6.13. The molecule has 3 rings (SSSR count).